The molecule has 1 aliphatic rings. The zero-order valence-corrected chi connectivity index (χ0v) is 25.0. The molecule has 0 bridgehead atoms. The number of carbonyl (C=O) groups excluding carboxylic acids is 2. The van der Waals surface area contributed by atoms with Gasteiger partial charge in [0.1, 0.15) is 0 Å². The van der Waals surface area contributed by atoms with E-state index in [1.165, 1.54) is 25.3 Å². The molecule has 2 aromatic heterocycles. The van der Waals surface area contributed by atoms with Gasteiger partial charge in [-0.15, -0.1) is 0 Å². The SMILES string of the molecule is C=CC(=O)N1CCCC[C@@H](n2c(NC(=O)c3ccnc(C)c3)nc3cc(C[C@@H](C)CC(C)CCC)cc(Cl)c32)C1. The van der Waals surface area contributed by atoms with Crippen LogP contribution in [-0.2, 0) is 11.2 Å². The maximum Gasteiger partial charge on any atom is 0.258 e. The lowest BCUT2D eigenvalue weighted by atomic mass is 9.89. The number of nitrogens with one attached hydrogen (secondary N) is 1. The van der Waals surface area contributed by atoms with Crippen LogP contribution in [-0.4, -0.2) is 44.3 Å². The number of aromatic nitrogens is 3. The summed E-state index contributed by atoms with van der Waals surface area (Å²) in [5, 5.41) is 3.66. The number of imidazole rings is 1. The lowest BCUT2D eigenvalue weighted by Gasteiger charge is -2.26. The fourth-order valence-corrected chi connectivity index (χ4v) is 6.43. The third-order valence-electron chi connectivity index (χ3n) is 7.85. The standard InChI is InChI=1S/C32H42ClN5O2/c1-6-10-21(3)15-22(4)16-24-18-27(33)30-28(19-24)35-32(36-31(40)25-12-13-34-23(5)17-25)38(30)26-11-8-9-14-37(20-26)29(39)7-2/h7,12-13,17-19,21-22,26H,2,6,8-11,14-16,20H2,1,3-5H3,(H,35,36,40)/t21?,22-,26+/m0/s1. The van der Waals surface area contributed by atoms with Crippen molar-refractivity contribution in [2.75, 3.05) is 18.4 Å². The normalized spacial score (nSPS) is 17.3. The van der Waals surface area contributed by atoms with Crippen LogP contribution in [0, 0.1) is 18.8 Å². The average molecular weight is 564 g/mol. The van der Waals surface area contributed by atoms with Crippen molar-refractivity contribution in [2.24, 2.45) is 11.8 Å². The summed E-state index contributed by atoms with van der Waals surface area (Å²) in [6.07, 6.45) is 10.2. The molecule has 3 heterocycles. The van der Waals surface area contributed by atoms with E-state index >= 15 is 0 Å². The molecule has 40 heavy (non-hydrogen) atoms. The molecular weight excluding hydrogens is 522 g/mol. The van der Waals surface area contributed by atoms with E-state index in [0.29, 0.717) is 41.5 Å². The minimum Gasteiger partial charge on any atom is -0.337 e. The number of anilines is 1. The van der Waals surface area contributed by atoms with Crippen molar-refractivity contribution in [3.8, 4) is 0 Å². The van der Waals surface area contributed by atoms with Crippen molar-refractivity contribution >= 4 is 40.4 Å². The Labute approximate surface area is 243 Å². The molecule has 1 aromatic carbocycles. The number of carbonyl (C=O) groups is 2. The number of likely N-dealkylation sites (tertiary alicyclic amines) is 1. The van der Waals surface area contributed by atoms with E-state index in [2.05, 4.69) is 43.7 Å². The summed E-state index contributed by atoms with van der Waals surface area (Å²) in [6, 6.07) is 7.50. The van der Waals surface area contributed by atoms with Crippen LogP contribution in [0.2, 0.25) is 5.02 Å². The summed E-state index contributed by atoms with van der Waals surface area (Å²) < 4.78 is 2.04. The van der Waals surface area contributed by atoms with Gasteiger partial charge in [-0.2, -0.15) is 0 Å². The van der Waals surface area contributed by atoms with Gasteiger partial charge in [-0.1, -0.05) is 51.8 Å². The van der Waals surface area contributed by atoms with E-state index in [4.69, 9.17) is 16.6 Å². The van der Waals surface area contributed by atoms with E-state index in [0.717, 1.165) is 48.0 Å². The number of amides is 2. The van der Waals surface area contributed by atoms with Crippen molar-refractivity contribution < 1.29 is 9.59 Å². The Morgan fingerprint density at radius 1 is 1.23 bits per heavy atom. The second kappa shape index (κ2) is 13.4. The van der Waals surface area contributed by atoms with Gasteiger partial charge in [0.2, 0.25) is 11.9 Å². The highest BCUT2D eigenvalue weighted by atomic mass is 35.5. The number of aryl methyl sites for hydroxylation is 1. The predicted molar refractivity (Wildman–Crippen MR) is 163 cm³/mol. The molecule has 0 spiro atoms. The molecular formula is C32H42ClN5O2. The molecule has 1 N–H and O–H groups in total. The fraction of sp³-hybridized carbons (Fsp3) is 0.500. The molecule has 8 heteroatoms. The summed E-state index contributed by atoms with van der Waals surface area (Å²) in [5.41, 5.74) is 3.96. The molecule has 0 saturated carbocycles. The summed E-state index contributed by atoms with van der Waals surface area (Å²) in [5.74, 6) is 1.30. The van der Waals surface area contributed by atoms with Gasteiger partial charge in [0.25, 0.3) is 5.91 Å². The number of fused-ring (bicyclic) bond motifs is 1. The Hall–Kier alpha value is -3.19. The van der Waals surface area contributed by atoms with Gasteiger partial charge in [-0.3, -0.25) is 19.9 Å². The number of hydrogen-bond donors (Lipinski definition) is 1. The fourth-order valence-electron chi connectivity index (χ4n) is 6.10. The van der Waals surface area contributed by atoms with E-state index < -0.39 is 0 Å². The van der Waals surface area contributed by atoms with Crippen LogP contribution >= 0.6 is 11.6 Å². The number of nitrogens with zero attached hydrogens (tertiary/aromatic N) is 4. The van der Waals surface area contributed by atoms with Gasteiger partial charge >= 0.3 is 0 Å². The molecule has 0 aliphatic carbocycles. The predicted octanol–water partition coefficient (Wildman–Crippen LogP) is 7.39. The van der Waals surface area contributed by atoms with Crippen LogP contribution < -0.4 is 5.32 Å². The number of pyridine rings is 1. The smallest absolute Gasteiger partial charge is 0.258 e. The van der Waals surface area contributed by atoms with Gasteiger partial charge in [0.15, 0.2) is 0 Å². The molecule has 214 valence electrons. The topological polar surface area (TPSA) is 80.1 Å². The second-order valence-electron chi connectivity index (χ2n) is 11.5. The van der Waals surface area contributed by atoms with Gasteiger partial charge < -0.3 is 9.47 Å². The van der Waals surface area contributed by atoms with Gasteiger partial charge in [-0.05, 0) is 86.8 Å². The monoisotopic (exact) mass is 563 g/mol. The Morgan fingerprint density at radius 2 is 2.02 bits per heavy atom. The van der Waals surface area contributed by atoms with Crippen LogP contribution in [0.15, 0.2) is 43.1 Å². The number of rotatable bonds is 10. The molecule has 2 amide bonds. The average Bonchev–Trinajstić information content (AvgIpc) is 3.09. The molecule has 1 unspecified atom stereocenters. The van der Waals surface area contributed by atoms with Crippen LogP contribution in [0.3, 0.4) is 0 Å². The quantitative estimate of drug-likeness (QED) is 0.261. The third kappa shape index (κ3) is 7.11. The Bertz CT molecular complexity index is 1370. The molecule has 0 radical (unpaired) electrons. The Kier molecular flexibility index (Phi) is 10.0. The van der Waals surface area contributed by atoms with Gasteiger partial charge in [0, 0.05) is 30.5 Å². The molecule has 1 aliphatic heterocycles. The molecule has 1 saturated heterocycles. The third-order valence-corrected chi connectivity index (χ3v) is 8.14. The highest BCUT2D eigenvalue weighted by Crippen LogP contribution is 2.36. The minimum absolute atomic E-state index is 0.0890. The molecule has 1 fully saturated rings. The van der Waals surface area contributed by atoms with Crippen molar-refractivity contribution in [3.63, 3.8) is 0 Å². The van der Waals surface area contributed by atoms with Gasteiger partial charge in [0.05, 0.1) is 22.1 Å². The summed E-state index contributed by atoms with van der Waals surface area (Å²) in [4.78, 5) is 36.9. The maximum atomic E-state index is 13.3. The Morgan fingerprint density at radius 3 is 2.75 bits per heavy atom. The van der Waals surface area contributed by atoms with Crippen molar-refractivity contribution in [3.05, 3.63) is 65.0 Å². The first kappa shape index (κ1) is 29.8. The van der Waals surface area contributed by atoms with E-state index in [1.807, 2.05) is 22.5 Å². The first-order chi connectivity index (χ1) is 19.2. The van der Waals surface area contributed by atoms with E-state index in [-0.39, 0.29) is 17.9 Å². The Balaban J connectivity index is 1.73. The summed E-state index contributed by atoms with van der Waals surface area (Å²) >= 11 is 7.00. The van der Waals surface area contributed by atoms with Crippen LogP contribution in [0.5, 0.6) is 0 Å². The first-order valence-corrected chi connectivity index (χ1v) is 14.9. The van der Waals surface area contributed by atoms with Crippen molar-refractivity contribution in [2.45, 2.75) is 78.7 Å². The van der Waals surface area contributed by atoms with Gasteiger partial charge in [-0.25, -0.2) is 4.98 Å². The zero-order chi connectivity index (χ0) is 28.8. The lowest BCUT2D eigenvalue weighted by molar-refractivity contribution is -0.126. The van der Waals surface area contributed by atoms with Crippen molar-refractivity contribution in [1.82, 2.24) is 19.4 Å². The first-order valence-electron chi connectivity index (χ1n) is 14.6. The van der Waals surface area contributed by atoms with Crippen LogP contribution in [0.1, 0.15) is 87.0 Å². The number of halogens is 1. The maximum absolute atomic E-state index is 13.3. The minimum atomic E-state index is -0.260. The lowest BCUT2D eigenvalue weighted by Crippen LogP contribution is -2.34. The van der Waals surface area contributed by atoms with Crippen molar-refractivity contribution in [1.29, 1.82) is 0 Å². The molecule has 3 aromatic rings. The highest BCUT2D eigenvalue weighted by Gasteiger charge is 2.28. The van der Waals surface area contributed by atoms with Crippen LogP contribution in [0.4, 0.5) is 5.95 Å². The molecule has 3 atom stereocenters. The zero-order valence-electron chi connectivity index (χ0n) is 24.3. The largest absolute Gasteiger partial charge is 0.337 e. The van der Waals surface area contributed by atoms with E-state index in [1.54, 1.807) is 18.3 Å². The highest BCUT2D eigenvalue weighted by molar-refractivity contribution is 6.35. The number of hydrogen-bond acceptors (Lipinski definition) is 4. The molecule has 7 nitrogen and oxygen atoms in total. The second-order valence-corrected chi connectivity index (χ2v) is 11.9. The summed E-state index contributed by atoms with van der Waals surface area (Å²) in [7, 11) is 0. The summed E-state index contributed by atoms with van der Waals surface area (Å²) in [6.45, 7) is 13.6. The number of benzene rings is 1. The molecule has 4 rings (SSSR count). The van der Waals surface area contributed by atoms with E-state index in [9.17, 15) is 9.59 Å². The van der Waals surface area contributed by atoms with Crippen LogP contribution in [0.25, 0.3) is 11.0 Å².